The minimum absolute atomic E-state index is 0.0201. The zero-order valence-electron chi connectivity index (χ0n) is 17.7. The highest BCUT2D eigenvalue weighted by Gasteiger charge is 2.40. The number of benzene rings is 2. The van der Waals surface area contributed by atoms with Crippen molar-refractivity contribution in [3.63, 3.8) is 0 Å². The molecule has 10 nitrogen and oxygen atoms in total. The molecule has 1 aliphatic rings. The number of hydrogen-bond acceptors (Lipinski definition) is 5. The third kappa shape index (κ3) is 4.61. The molecule has 2 heterocycles. The number of halogens is 1. The van der Waals surface area contributed by atoms with Crippen LogP contribution >= 0.6 is 19.4 Å². The summed E-state index contributed by atoms with van der Waals surface area (Å²) in [5, 5.41) is 12.9. The van der Waals surface area contributed by atoms with Gasteiger partial charge in [-0.3, -0.25) is 9.32 Å². The Balaban J connectivity index is 1.70. The molecule has 2 aromatic carbocycles. The van der Waals surface area contributed by atoms with Gasteiger partial charge >= 0.3 is 13.9 Å². The molecule has 1 unspecified atom stereocenters. The molecule has 12 heteroatoms. The molecule has 0 spiro atoms. The van der Waals surface area contributed by atoms with Crippen molar-refractivity contribution in [2.24, 2.45) is 0 Å². The van der Waals surface area contributed by atoms with Crippen LogP contribution in [0.1, 0.15) is 28.3 Å². The average molecular weight is 501 g/mol. The average Bonchev–Trinajstić information content (AvgIpc) is 3.32. The summed E-state index contributed by atoms with van der Waals surface area (Å²) in [4.78, 5) is 48.2. The number of H-pyrrole nitrogens is 1. The maximum absolute atomic E-state index is 13.2. The molecule has 4 rings (SSSR count). The maximum Gasteiger partial charge on any atom is 0.469 e. The number of phosphoric acid groups is 1. The first kappa shape index (κ1) is 23.7. The maximum atomic E-state index is 13.2. The normalized spacial score (nSPS) is 16.2. The van der Waals surface area contributed by atoms with E-state index < -0.39 is 32.4 Å². The number of imide groups is 1. The summed E-state index contributed by atoms with van der Waals surface area (Å²) < 4.78 is 15.9. The molecule has 1 atom stereocenters. The number of phosphoric ester groups is 1. The van der Waals surface area contributed by atoms with Gasteiger partial charge in [-0.15, -0.1) is 0 Å². The SMILES string of the molecule is Cc1c(Cl)ccc2c(/C=C3\NC(=O)N(C(COP(=O)(O)O)c4ccc(C#N)cc4)C3=O)c[nH]c12. The Morgan fingerprint density at radius 2 is 1.94 bits per heavy atom. The number of hydrogen-bond donors (Lipinski definition) is 4. The molecule has 1 aliphatic heterocycles. The van der Waals surface area contributed by atoms with Gasteiger partial charge in [-0.25, -0.2) is 14.3 Å². The predicted molar refractivity (Wildman–Crippen MR) is 123 cm³/mol. The molecule has 0 aliphatic carbocycles. The van der Waals surface area contributed by atoms with Crippen molar-refractivity contribution in [2.75, 3.05) is 6.61 Å². The first-order chi connectivity index (χ1) is 16.1. The van der Waals surface area contributed by atoms with Crippen LogP contribution in [0.2, 0.25) is 5.02 Å². The van der Waals surface area contributed by atoms with E-state index in [0.29, 0.717) is 21.7 Å². The van der Waals surface area contributed by atoms with E-state index >= 15 is 0 Å². The van der Waals surface area contributed by atoms with Crippen LogP contribution in [0.5, 0.6) is 0 Å². The summed E-state index contributed by atoms with van der Waals surface area (Å²) in [7, 11) is -4.88. The number of aromatic nitrogens is 1. The number of aryl methyl sites for hydroxylation is 1. The fourth-order valence-corrected chi connectivity index (χ4v) is 4.21. The molecule has 174 valence electrons. The molecule has 0 saturated carbocycles. The summed E-state index contributed by atoms with van der Waals surface area (Å²) in [5.41, 5.74) is 2.94. The summed E-state index contributed by atoms with van der Waals surface area (Å²) in [5.74, 6) is -0.700. The summed E-state index contributed by atoms with van der Waals surface area (Å²) in [6.45, 7) is 1.21. The molecule has 1 aromatic heterocycles. The molecule has 3 aromatic rings. The predicted octanol–water partition coefficient (Wildman–Crippen LogP) is 3.74. The first-order valence-electron chi connectivity index (χ1n) is 9.91. The van der Waals surface area contributed by atoms with E-state index in [1.54, 1.807) is 18.3 Å². The zero-order valence-corrected chi connectivity index (χ0v) is 19.3. The number of carbonyl (C=O) groups excluding carboxylic acids is 2. The second-order valence-corrected chi connectivity index (χ2v) is 9.18. The van der Waals surface area contributed by atoms with Gasteiger partial charge in [-0.05, 0) is 42.3 Å². The Morgan fingerprint density at radius 3 is 2.59 bits per heavy atom. The topological polar surface area (TPSA) is 156 Å². The van der Waals surface area contributed by atoms with E-state index in [9.17, 15) is 14.2 Å². The third-order valence-corrected chi connectivity index (χ3v) is 6.32. The fraction of sp³-hybridized carbons (Fsp3) is 0.136. The van der Waals surface area contributed by atoms with E-state index in [1.165, 1.54) is 30.3 Å². The number of nitriles is 1. The van der Waals surface area contributed by atoms with Gasteiger partial charge < -0.3 is 20.1 Å². The van der Waals surface area contributed by atoms with Gasteiger partial charge in [0, 0.05) is 22.2 Å². The van der Waals surface area contributed by atoms with Crippen LogP contribution in [0, 0.1) is 18.3 Å². The van der Waals surface area contributed by atoms with E-state index in [0.717, 1.165) is 21.4 Å². The Bertz CT molecular complexity index is 1420. The largest absolute Gasteiger partial charge is 0.469 e. The minimum atomic E-state index is -4.88. The smallest absolute Gasteiger partial charge is 0.360 e. The summed E-state index contributed by atoms with van der Waals surface area (Å²) >= 11 is 6.16. The van der Waals surface area contributed by atoms with Crippen molar-refractivity contribution in [2.45, 2.75) is 13.0 Å². The van der Waals surface area contributed by atoms with Crippen LogP contribution in [0.4, 0.5) is 4.79 Å². The van der Waals surface area contributed by atoms with E-state index in [-0.39, 0.29) is 5.70 Å². The van der Waals surface area contributed by atoms with Crippen LogP contribution in [0.3, 0.4) is 0 Å². The van der Waals surface area contributed by atoms with Crippen molar-refractivity contribution in [1.29, 1.82) is 5.26 Å². The Kier molecular flexibility index (Phi) is 6.32. The number of rotatable bonds is 6. The number of nitrogens with zero attached hydrogens (tertiary/aromatic N) is 2. The molecule has 4 N–H and O–H groups in total. The Hall–Kier alpha value is -3.45. The monoisotopic (exact) mass is 500 g/mol. The highest BCUT2D eigenvalue weighted by molar-refractivity contribution is 7.46. The molecule has 3 amide bonds. The van der Waals surface area contributed by atoms with Gasteiger partial charge in [-0.2, -0.15) is 5.26 Å². The van der Waals surface area contributed by atoms with Crippen LogP contribution in [0.15, 0.2) is 48.3 Å². The van der Waals surface area contributed by atoms with E-state index in [1.807, 2.05) is 13.0 Å². The van der Waals surface area contributed by atoms with Crippen LogP contribution in [-0.4, -0.2) is 38.2 Å². The van der Waals surface area contributed by atoms with Gasteiger partial charge in [-0.1, -0.05) is 29.8 Å². The third-order valence-electron chi connectivity index (χ3n) is 5.43. The van der Waals surface area contributed by atoms with E-state index in [2.05, 4.69) is 14.8 Å². The van der Waals surface area contributed by atoms with Gasteiger partial charge in [0.2, 0.25) is 0 Å². The van der Waals surface area contributed by atoms with Crippen molar-refractivity contribution in [1.82, 2.24) is 15.2 Å². The lowest BCUT2D eigenvalue weighted by atomic mass is 10.0. The highest BCUT2D eigenvalue weighted by atomic mass is 35.5. The zero-order chi connectivity index (χ0) is 24.6. The highest BCUT2D eigenvalue weighted by Crippen LogP contribution is 2.39. The lowest BCUT2D eigenvalue weighted by molar-refractivity contribution is -0.125. The molecule has 1 saturated heterocycles. The number of fused-ring (bicyclic) bond motifs is 1. The van der Waals surface area contributed by atoms with Gasteiger partial charge in [0.05, 0.1) is 29.8 Å². The van der Waals surface area contributed by atoms with Gasteiger partial charge in [0.25, 0.3) is 5.91 Å². The first-order valence-corrected chi connectivity index (χ1v) is 11.8. The number of urea groups is 1. The van der Waals surface area contributed by atoms with Crippen LogP contribution < -0.4 is 5.32 Å². The van der Waals surface area contributed by atoms with Crippen molar-refractivity contribution in [3.8, 4) is 6.07 Å². The Labute approximate surface area is 198 Å². The number of carbonyl (C=O) groups is 2. The summed E-state index contributed by atoms with van der Waals surface area (Å²) in [6, 6.07) is 9.46. The molecular weight excluding hydrogens is 483 g/mol. The second-order valence-electron chi connectivity index (χ2n) is 7.54. The van der Waals surface area contributed by atoms with Crippen molar-refractivity contribution >= 4 is 48.3 Å². The molecule has 1 fully saturated rings. The molecular formula is C22H18ClN4O6P. The number of aromatic amines is 1. The number of amides is 3. The minimum Gasteiger partial charge on any atom is -0.360 e. The van der Waals surface area contributed by atoms with Crippen LogP contribution in [0.25, 0.3) is 17.0 Å². The standard InChI is InChI=1S/C22H18ClN4O6P/c1-12-17(23)7-6-16-15(10-25-20(12)16)8-18-21(28)27(22(29)26-18)19(11-33-34(30,31)32)14-4-2-13(9-24)3-5-14/h2-8,10,19,25H,11H2,1H3,(H,26,29)(H2,30,31,32)/b18-8-. The van der Waals surface area contributed by atoms with Crippen molar-refractivity contribution in [3.05, 3.63) is 75.6 Å². The molecule has 0 radical (unpaired) electrons. The fourth-order valence-electron chi connectivity index (χ4n) is 3.71. The molecule has 0 bridgehead atoms. The van der Waals surface area contributed by atoms with E-state index in [4.69, 9.17) is 26.6 Å². The van der Waals surface area contributed by atoms with Crippen molar-refractivity contribution < 1.29 is 28.5 Å². The Morgan fingerprint density at radius 1 is 1.24 bits per heavy atom. The molecule has 34 heavy (non-hydrogen) atoms. The van der Waals surface area contributed by atoms with Gasteiger partial charge in [0.15, 0.2) is 0 Å². The number of nitrogens with one attached hydrogen (secondary N) is 2. The second kappa shape index (κ2) is 9.06. The van der Waals surface area contributed by atoms with Gasteiger partial charge in [0.1, 0.15) is 5.70 Å². The lowest BCUT2D eigenvalue weighted by Gasteiger charge is -2.25. The quantitative estimate of drug-likeness (QED) is 0.228. The van der Waals surface area contributed by atoms with Crippen LogP contribution in [-0.2, 0) is 13.9 Å². The lowest BCUT2D eigenvalue weighted by Crippen LogP contribution is -2.37. The summed E-state index contributed by atoms with van der Waals surface area (Å²) in [6.07, 6.45) is 3.18.